The van der Waals surface area contributed by atoms with E-state index < -0.39 is 10.0 Å². The van der Waals surface area contributed by atoms with Gasteiger partial charge >= 0.3 is 0 Å². The van der Waals surface area contributed by atoms with Crippen LogP contribution in [0.5, 0.6) is 0 Å². The smallest absolute Gasteiger partial charge is 0.236 e. The van der Waals surface area contributed by atoms with Crippen molar-refractivity contribution in [1.29, 1.82) is 0 Å². The topological polar surface area (TPSA) is 57.7 Å². The number of carbonyl (C=O) groups is 1. The summed E-state index contributed by atoms with van der Waals surface area (Å²) in [6, 6.07) is 15.2. The van der Waals surface area contributed by atoms with Gasteiger partial charge in [0.05, 0.1) is 5.75 Å². The van der Waals surface area contributed by atoms with E-state index in [2.05, 4.69) is 0 Å². The molecule has 1 saturated heterocycles. The number of rotatable bonds is 6. The van der Waals surface area contributed by atoms with E-state index in [1.807, 2.05) is 30.3 Å². The quantitative estimate of drug-likeness (QED) is 0.674. The van der Waals surface area contributed by atoms with E-state index in [0.29, 0.717) is 13.1 Å². The van der Waals surface area contributed by atoms with Crippen LogP contribution in [0.1, 0.15) is 5.56 Å². The molecule has 8 heteroatoms. The summed E-state index contributed by atoms with van der Waals surface area (Å²) in [5.41, 5.74) is 0.817. The fraction of sp³-hybridized carbons (Fsp3) is 0.250. The van der Waals surface area contributed by atoms with Gasteiger partial charge in [0, 0.05) is 36.5 Å². The molecular weight excluding hydrogens is 399 g/mol. The van der Waals surface area contributed by atoms with Gasteiger partial charge in [-0.05, 0) is 35.9 Å². The molecule has 2 aromatic rings. The highest BCUT2D eigenvalue weighted by Gasteiger charge is 2.27. The SMILES string of the molecule is O=C(CSc1ccc(F)cc1)N1CCN(S(=O)(=O)/C=C/c2ccccc2)CC1. The first-order valence-electron chi connectivity index (χ1n) is 8.83. The minimum absolute atomic E-state index is 0.0498. The van der Waals surface area contributed by atoms with Gasteiger partial charge in [-0.1, -0.05) is 30.3 Å². The average molecular weight is 421 g/mol. The van der Waals surface area contributed by atoms with Crippen molar-refractivity contribution in [2.75, 3.05) is 31.9 Å². The number of sulfonamides is 1. The third-order valence-corrected chi connectivity index (χ3v) is 6.92. The monoisotopic (exact) mass is 420 g/mol. The number of hydrogen-bond donors (Lipinski definition) is 0. The number of piperazine rings is 1. The van der Waals surface area contributed by atoms with Crippen LogP contribution >= 0.6 is 11.8 Å². The van der Waals surface area contributed by atoms with E-state index in [4.69, 9.17) is 0 Å². The largest absolute Gasteiger partial charge is 0.339 e. The van der Waals surface area contributed by atoms with Crippen molar-refractivity contribution >= 4 is 33.8 Å². The number of halogens is 1. The second kappa shape index (κ2) is 9.36. The Hall–Kier alpha value is -2.16. The molecule has 0 N–H and O–H groups in total. The Morgan fingerprint density at radius 1 is 1.00 bits per heavy atom. The zero-order valence-corrected chi connectivity index (χ0v) is 16.8. The van der Waals surface area contributed by atoms with E-state index in [9.17, 15) is 17.6 Å². The van der Waals surface area contributed by atoms with Crippen molar-refractivity contribution in [3.05, 3.63) is 71.4 Å². The van der Waals surface area contributed by atoms with Crippen molar-refractivity contribution < 1.29 is 17.6 Å². The standard InChI is InChI=1S/C20H21FN2O3S2/c21-18-6-8-19(9-7-18)27-16-20(24)22-11-13-23(14-12-22)28(25,26)15-10-17-4-2-1-3-5-17/h1-10,15H,11-14,16H2/b15-10+. The molecule has 5 nitrogen and oxygen atoms in total. The lowest BCUT2D eigenvalue weighted by molar-refractivity contribution is -0.129. The van der Waals surface area contributed by atoms with Gasteiger partial charge in [0.1, 0.15) is 5.82 Å². The van der Waals surface area contributed by atoms with Crippen LogP contribution in [0.25, 0.3) is 6.08 Å². The van der Waals surface area contributed by atoms with Crippen LogP contribution < -0.4 is 0 Å². The second-order valence-electron chi connectivity index (χ2n) is 6.28. The fourth-order valence-electron chi connectivity index (χ4n) is 2.77. The Balaban J connectivity index is 1.49. The summed E-state index contributed by atoms with van der Waals surface area (Å²) in [5, 5.41) is 1.21. The number of hydrogen-bond acceptors (Lipinski definition) is 4. The number of thioether (sulfide) groups is 1. The van der Waals surface area contributed by atoms with E-state index >= 15 is 0 Å². The highest BCUT2D eigenvalue weighted by atomic mass is 32.2. The fourth-order valence-corrected chi connectivity index (χ4v) is 4.75. The number of amides is 1. The third kappa shape index (κ3) is 5.67. The molecule has 1 aliphatic rings. The molecule has 0 atom stereocenters. The Labute approximate surface area is 168 Å². The summed E-state index contributed by atoms with van der Waals surface area (Å²) in [6.07, 6.45) is 1.58. The van der Waals surface area contributed by atoms with Gasteiger partial charge in [0.15, 0.2) is 0 Å². The van der Waals surface area contributed by atoms with Crippen LogP contribution in [0.3, 0.4) is 0 Å². The van der Waals surface area contributed by atoms with Gasteiger partial charge in [-0.25, -0.2) is 12.8 Å². The van der Waals surface area contributed by atoms with Crippen LogP contribution in [0.2, 0.25) is 0 Å². The van der Waals surface area contributed by atoms with E-state index in [1.54, 1.807) is 23.1 Å². The highest BCUT2D eigenvalue weighted by Crippen LogP contribution is 2.19. The van der Waals surface area contributed by atoms with Gasteiger partial charge in [0.2, 0.25) is 15.9 Å². The van der Waals surface area contributed by atoms with Gasteiger partial charge in [-0.15, -0.1) is 11.8 Å². The summed E-state index contributed by atoms with van der Waals surface area (Å²) in [4.78, 5) is 14.8. The first-order chi connectivity index (χ1) is 13.4. The Morgan fingerprint density at radius 3 is 2.29 bits per heavy atom. The number of benzene rings is 2. The molecule has 0 spiro atoms. The zero-order valence-electron chi connectivity index (χ0n) is 15.2. The first-order valence-corrected chi connectivity index (χ1v) is 11.3. The van der Waals surface area contributed by atoms with Gasteiger partial charge in [0.25, 0.3) is 0 Å². The molecule has 0 saturated carbocycles. The first kappa shape index (κ1) is 20.6. The zero-order chi connectivity index (χ0) is 20.0. The molecule has 148 valence electrons. The molecule has 28 heavy (non-hydrogen) atoms. The van der Waals surface area contributed by atoms with E-state index in [-0.39, 0.29) is 30.6 Å². The summed E-state index contributed by atoms with van der Waals surface area (Å²) in [6.45, 7) is 1.27. The van der Waals surface area contributed by atoms with Crippen LogP contribution in [0.4, 0.5) is 4.39 Å². The predicted octanol–water partition coefficient (Wildman–Crippen LogP) is 3.06. The predicted molar refractivity (Wildman–Crippen MR) is 110 cm³/mol. The normalized spacial score (nSPS) is 15.8. The molecule has 3 rings (SSSR count). The molecule has 0 bridgehead atoms. The Morgan fingerprint density at radius 2 is 1.64 bits per heavy atom. The van der Waals surface area contributed by atoms with Crippen LogP contribution in [0, 0.1) is 5.82 Å². The summed E-state index contributed by atoms with van der Waals surface area (Å²) in [5.74, 6) is -0.118. The molecular formula is C20H21FN2O3S2. The van der Waals surface area contributed by atoms with Crippen LogP contribution in [-0.4, -0.2) is 55.5 Å². The van der Waals surface area contributed by atoms with Crippen molar-refractivity contribution in [3.8, 4) is 0 Å². The molecule has 1 fully saturated rings. The summed E-state index contributed by atoms with van der Waals surface area (Å²) < 4.78 is 39.3. The molecule has 2 aromatic carbocycles. The van der Waals surface area contributed by atoms with Crippen molar-refractivity contribution in [3.63, 3.8) is 0 Å². The number of nitrogens with zero attached hydrogens (tertiary/aromatic N) is 2. The minimum atomic E-state index is -3.52. The maximum absolute atomic E-state index is 12.9. The lowest BCUT2D eigenvalue weighted by Gasteiger charge is -2.33. The molecule has 1 heterocycles. The summed E-state index contributed by atoms with van der Waals surface area (Å²) in [7, 11) is -3.52. The van der Waals surface area contributed by atoms with Gasteiger partial charge in [-0.3, -0.25) is 4.79 Å². The van der Waals surface area contributed by atoms with Gasteiger partial charge < -0.3 is 4.90 Å². The summed E-state index contributed by atoms with van der Waals surface area (Å²) >= 11 is 1.34. The van der Waals surface area contributed by atoms with Crippen molar-refractivity contribution in [2.24, 2.45) is 0 Å². The lowest BCUT2D eigenvalue weighted by Crippen LogP contribution is -2.50. The molecule has 0 aromatic heterocycles. The van der Waals surface area contributed by atoms with Crippen molar-refractivity contribution in [2.45, 2.75) is 4.90 Å². The Kier molecular flexibility index (Phi) is 6.88. The second-order valence-corrected chi connectivity index (χ2v) is 9.15. The maximum atomic E-state index is 12.9. The van der Waals surface area contributed by atoms with Crippen LogP contribution in [-0.2, 0) is 14.8 Å². The van der Waals surface area contributed by atoms with Crippen molar-refractivity contribution in [1.82, 2.24) is 9.21 Å². The highest BCUT2D eigenvalue weighted by molar-refractivity contribution is 8.00. The maximum Gasteiger partial charge on any atom is 0.236 e. The minimum Gasteiger partial charge on any atom is -0.339 e. The molecule has 1 aliphatic heterocycles. The van der Waals surface area contributed by atoms with E-state index in [0.717, 1.165) is 10.5 Å². The Bertz CT molecular complexity index is 924. The average Bonchev–Trinajstić information content (AvgIpc) is 2.72. The van der Waals surface area contributed by atoms with E-state index in [1.165, 1.54) is 33.6 Å². The third-order valence-electron chi connectivity index (χ3n) is 4.36. The molecule has 1 amide bonds. The number of carbonyl (C=O) groups excluding carboxylic acids is 1. The van der Waals surface area contributed by atoms with Gasteiger partial charge in [-0.2, -0.15) is 4.31 Å². The lowest BCUT2D eigenvalue weighted by atomic mass is 10.2. The molecule has 0 unspecified atom stereocenters. The van der Waals surface area contributed by atoms with Crippen LogP contribution in [0.15, 0.2) is 64.9 Å². The molecule has 0 aliphatic carbocycles. The molecule has 0 radical (unpaired) electrons.